The molecular formula is C18H19N3O4. The number of nitro groups is 1. The molecule has 7 nitrogen and oxygen atoms in total. The van der Waals surface area contributed by atoms with Crippen LogP contribution in [0.2, 0.25) is 0 Å². The van der Waals surface area contributed by atoms with Gasteiger partial charge in [0.15, 0.2) is 5.75 Å². The topological polar surface area (TPSA) is 95.7 Å². The number of rotatable bonds is 5. The lowest BCUT2D eigenvalue weighted by atomic mass is 10.1. The van der Waals surface area contributed by atoms with Crippen molar-refractivity contribution in [2.75, 3.05) is 18.0 Å². The average molecular weight is 341 g/mol. The van der Waals surface area contributed by atoms with Crippen molar-refractivity contribution >= 4 is 17.3 Å². The van der Waals surface area contributed by atoms with Crippen molar-refractivity contribution in [3.8, 4) is 5.75 Å². The van der Waals surface area contributed by atoms with E-state index in [1.54, 1.807) is 0 Å². The molecule has 1 amide bonds. The summed E-state index contributed by atoms with van der Waals surface area (Å²) in [5, 5.41) is 23.2. The quantitative estimate of drug-likeness (QED) is 0.643. The van der Waals surface area contributed by atoms with Crippen LogP contribution in [0.1, 0.15) is 22.8 Å². The number of para-hydroxylation sites is 1. The van der Waals surface area contributed by atoms with Crippen molar-refractivity contribution in [1.29, 1.82) is 0 Å². The monoisotopic (exact) mass is 341 g/mol. The first-order chi connectivity index (χ1) is 12.0. The number of nitro benzene ring substituents is 1. The first-order valence-electron chi connectivity index (χ1n) is 8.07. The summed E-state index contributed by atoms with van der Waals surface area (Å²) in [6, 6.07) is 11.9. The highest BCUT2D eigenvalue weighted by Gasteiger charge is 2.23. The highest BCUT2D eigenvalue weighted by atomic mass is 16.6. The van der Waals surface area contributed by atoms with Gasteiger partial charge in [0, 0.05) is 36.4 Å². The van der Waals surface area contributed by atoms with Crippen LogP contribution in [0.5, 0.6) is 5.75 Å². The number of phenolic OH excluding ortho intramolecular Hbond substituents is 1. The number of nitrogens with zero attached hydrogens (tertiary/aromatic N) is 2. The van der Waals surface area contributed by atoms with Crippen molar-refractivity contribution in [3.05, 3.63) is 63.7 Å². The lowest BCUT2D eigenvalue weighted by molar-refractivity contribution is -0.385. The Labute approximate surface area is 145 Å². The minimum absolute atomic E-state index is 0.110. The minimum atomic E-state index is -0.691. The first-order valence-corrected chi connectivity index (χ1v) is 8.07. The van der Waals surface area contributed by atoms with Crippen molar-refractivity contribution in [1.82, 2.24) is 5.32 Å². The van der Waals surface area contributed by atoms with E-state index in [4.69, 9.17) is 0 Å². The van der Waals surface area contributed by atoms with Gasteiger partial charge in [-0.1, -0.05) is 18.2 Å². The highest BCUT2D eigenvalue weighted by Crippen LogP contribution is 2.29. The second-order valence-electron chi connectivity index (χ2n) is 6.09. The first kappa shape index (κ1) is 16.8. The number of carbonyl (C=O) groups is 1. The van der Waals surface area contributed by atoms with Crippen LogP contribution >= 0.6 is 0 Å². The predicted molar refractivity (Wildman–Crippen MR) is 94.0 cm³/mol. The van der Waals surface area contributed by atoms with Crippen molar-refractivity contribution < 1.29 is 14.8 Å². The van der Waals surface area contributed by atoms with Crippen LogP contribution in [0.3, 0.4) is 0 Å². The van der Waals surface area contributed by atoms with Crippen LogP contribution in [0.4, 0.5) is 11.4 Å². The van der Waals surface area contributed by atoms with E-state index >= 15 is 0 Å². The summed E-state index contributed by atoms with van der Waals surface area (Å²) >= 11 is 0. The second kappa shape index (κ2) is 6.80. The molecule has 0 spiro atoms. The molecule has 7 heteroatoms. The van der Waals surface area contributed by atoms with E-state index < -0.39 is 16.4 Å². The number of anilines is 1. The van der Waals surface area contributed by atoms with E-state index in [0.717, 1.165) is 25.1 Å². The molecular weight excluding hydrogens is 322 g/mol. The number of nitrogens with one attached hydrogen (secondary N) is 1. The van der Waals surface area contributed by atoms with Crippen molar-refractivity contribution in [2.45, 2.75) is 19.4 Å². The molecule has 0 bridgehead atoms. The molecule has 2 aromatic rings. The molecule has 0 fully saturated rings. The summed E-state index contributed by atoms with van der Waals surface area (Å²) < 4.78 is 0. The molecule has 0 saturated heterocycles. The van der Waals surface area contributed by atoms with Gasteiger partial charge in [-0.25, -0.2) is 0 Å². The Hall–Kier alpha value is -3.09. The number of fused-ring (bicyclic) bond motifs is 1. The van der Waals surface area contributed by atoms with Crippen LogP contribution in [0.15, 0.2) is 42.5 Å². The Morgan fingerprint density at radius 2 is 2.12 bits per heavy atom. The van der Waals surface area contributed by atoms with Gasteiger partial charge in [-0.3, -0.25) is 14.9 Å². The van der Waals surface area contributed by atoms with Gasteiger partial charge in [-0.2, -0.15) is 0 Å². The van der Waals surface area contributed by atoms with Gasteiger partial charge in [0.25, 0.3) is 5.91 Å². The molecule has 1 atom stereocenters. The summed E-state index contributed by atoms with van der Waals surface area (Å²) in [6.45, 7) is 3.38. The molecule has 130 valence electrons. The standard InChI is InChI=1S/C18H19N3O4/c1-12(20-9-8-13-4-2-3-5-15(13)20)11-19-18(23)14-6-7-16(21(24)25)17(22)10-14/h2-7,10,12,22H,8-9,11H2,1H3,(H,19,23). The molecule has 1 unspecified atom stereocenters. The van der Waals surface area contributed by atoms with Crippen LogP contribution in [0, 0.1) is 10.1 Å². The zero-order valence-electron chi connectivity index (χ0n) is 13.8. The molecule has 3 rings (SSSR count). The number of hydrogen-bond donors (Lipinski definition) is 2. The van der Waals surface area contributed by atoms with E-state index in [1.165, 1.54) is 17.3 Å². The lowest BCUT2D eigenvalue weighted by Crippen LogP contribution is -2.41. The Bertz CT molecular complexity index is 822. The number of phenols is 1. The van der Waals surface area contributed by atoms with E-state index in [0.29, 0.717) is 6.54 Å². The third-order valence-electron chi connectivity index (χ3n) is 4.45. The smallest absolute Gasteiger partial charge is 0.310 e. The molecule has 0 radical (unpaired) electrons. The largest absolute Gasteiger partial charge is 0.502 e. The molecule has 0 saturated carbocycles. The van der Waals surface area contributed by atoms with Gasteiger partial charge in [0.2, 0.25) is 0 Å². The van der Waals surface area contributed by atoms with Crippen molar-refractivity contribution in [2.24, 2.45) is 0 Å². The van der Waals surface area contributed by atoms with Crippen LogP contribution in [-0.2, 0) is 6.42 Å². The van der Waals surface area contributed by atoms with Gasteiger partial charge in [-0.15, -0.1) is 0 Å². The van der Waals surface area contributed by atoms with Gasteiger partial charge in [0.1, 0.15) is 0 Å². The number of aromatic hydroxyl groups is 1. The fraction of sp³-hybridized carbons (Fsp3) is 0.278. The molecule has 25 heavy (non-hydrogen) atoms. The number of benzene rings is 2. The van der Waals surface area contributed by atoms with E-state index in [2.05, 4.69) is 22.3 Å². The third-order valence-corrected chi connectivity index (χ3v) is 4.45. The van der Waals surface area contributed by atoms with Crippen LogP contribution in [-0.4, -0.2) is 35.1 Å². The SMILES string of the molecule is CC(CNC(=O)c1ccc([N+](=O)[O-])c(O)c1)N1CCc2ccccc21. The highest BCUT2D eigenvalue weighted by molar-refractivity contribution is 5.95. The maximum absolute atomic E-state index is 12.2. The molecule has 1 aliphatic heterocycles. The molecule has 2 aromatic carbocycles. The molecule has 0 aliphatic carbocycles. The molecule has 1 aliphatic rings. The third kappa shape index (κ3) is 3.40. The Kier molecular flexibility index (Phi) is 4.56. The summed E-state index contributed by atoms with van der Waals surface area (Å²) in [6.07, 6.45) is 0.991. The van der Waals surface area contributed by atoms with Crippen molar-refractivity contribution in [3.63, 3.8) is 0 Å². The normalized spacial score (nSPS) is 14.0. The van der Waals surface area contributed by atoms with E-state index in [9.17, 15) is 20.0 Å². The van der Waals surface area contributed by atoms with Crippen LogP contribution in [0.25, 0.3) is 0 Å². The molecule has 2 N–H and O–H groups in total. The minimum Gasteiger partial charge on any atom is -0.502 e. The zero-order valence-corrected chi connectivity index (χ0v) is 13.8. The Morgan fingerprint density at radius 1 is 1.36 bits per heavy atom. The lowest BCUT2D eigenvalue weighted by Gasteiger charge is -2.27. The predicted octanol–water partition coefficient (Wildman–Crippen LogP) is 2.48. The van der Waals surface area contributed by atoms with Gasteiger partial charge in [-0.05, 0) is 37.1 Å². The Balaban J connectivity index is 1.63. The summed E-state index contributed by atoms with van der Waals surface area (Å²) in [5.41, 5.74) is 2.27. The maximum atomic E-state index is 12.2. The van der Waals surface area contributed by atoms with Gasteiger partial charge < -0.3 is 15.3 Å². The second-order valence-corrected chi connectivity index (χ2v) is 6.09. The molecule has 0 aromatic heterocycles. The fourth-order valence-corrected chi connectivity index (χ4v) is 3.09. The maximum Gasteiger partial charge on any atom is 0.310 e. The zero-order chi connectivity index (χ0) is 18.0. The summed E-state index contributed by atoms with van der Waals surface area (Å²) in [4.78, 5) is 24.5. The number of hydrogen-bond acceptors (Lipinski definition) is 5. The summed E-state index contributed by atoms with van der Waals surface area (Å²) in [7, 11) is 0. The summed E-state index contributed by atoms with van der Waals surface area (Å²) in [5.74, 6) is -0.885. The van der Waals surface area contributed by atoms with Gasteiger partial charge >= 0.3 is 5.69 Å². The van der Waals surface area contributed by atoms with E-state index in [-0.39, 0.29) is 17.5 Å². The van der Waals surface area contributed by atoms with Crippen LogP contribution < -0.4 is 10.2 Å². The number of amides is 1. The molecule has 1 heterocycles. The van der Waals surface area contributed by atoms with E-state index in [1.807, 2.05) is 19.1 Å². The van der Waals surface area contributed by atoms with Gasteiger partial charge in [0.05, 0.1) is 4.92 Å². The average Bonchev–Trinajstić information content (AvgIpc) is 3.03. The fourth-order valence-electron chi connectivity index (χ4n) is 3.09. The Morgan fingerprint density at radius 3 is 2.84 bits per heavy atom. The number of carbonyl (C=O) groups excluding carboxylic acids is 1.